The zero-order chi connectivity index (χ0) is 90.1. The normalized spacial score (nSPS) is 26.7. The molecule has 119 heavy (non-hydrogen) atoms. The van der Waals surface area contributed by atoms with E-state index in [1.165, 1.54) is 113 Å². The van der Waals surface area contributed by atoms with Crippen LogP contribution in [0.5, 0.6) is 0 Å². The molecule has 2 aromatic carbocycles. The number of carbonyl (C=O) groups is 15. The second kappa shape index (κ2) is 47.4. The maximum absolute atomic E-state index is 15.4. The smallest absolute Gasteiger partial charge is 0.248 e. The number of hydrogen-bond acceptors (Lipinski definition) is 17. The molecule has 32 nitrogen and oxygen atoms in total. The fourth-order valence-corrected chi connectivity index (χ4v) is 14.9. The molecular weight excluding hydrogens is 1530 g/mol. The van der Waals surface area contributed by atoms with Gasteiger partial charge in [-0.25, -0.2) is 0 Å². The van der Waals surface area contributed by atoms with E-state index in [2.05, 4.69) is 31.9 Å². The molecule has 2 aliphatic heterocycles. The van der Waals surface area contributed by atoms with Crippen molar-refractivity contribution < 1.29 is 82.1 Å². The zero-order valence-electron chi connectivity index (χ0n) is 75.0. The average Bonchev–Trinajstić information content (AvgIpc) is 0.813. The monoisotopic (exact) mass is 1670 g/mol. The van der Waals surface area contributed by atoms with E-state index in [0.717, 1.165) is 21.1 Å². The number of rotatable bonds is 19. The van der Waals surface area contributed by atoms with Crippen molar-refractivity contribution in [3.8, 4) is 0 Å². The van der Waals surface area contributed by atoms with Gasteiger partial charge in [-0.2, -0.15) is 0 Å². The molecule has 0 saturated carbocycles. The topological polar surface area (TPSA) is 398 Å². The number of aliphatic hydroxyl groups excluding tert-OH is 2. The molecule has 8 N–H and O–H groups in total. The Morgan fingerprint density at radius 2 is 0.748 bits per heavy atom. The summed E-state index contributed by atoms with van der Waals surface area (Å²) >= 11 is 0. The van der Waals surface area contributed by atoms with Gasteiger partial charge < -0.3 is 86.2 Å². The molecule has 0 spiro atoms. The quantitative estimate of drug-likeness (QED) is 0.100. The summed E-state index contributed by atoms with van der Waals surface area (Å²) in [5.41, 5.74) is 1.25. The number of nitrogens with one attached hydrogen (secondary N) is 6. The predicted octanol–water partition coefficient (Wildman–Crippen LogP) is 3.12. The van der Waals surface area contributed by atoms with Crippen molar-refractivity contribution in [2.45, 2.75) is 279 Å². The van der Waals surface area contributed by atoms with Crippen LogP contribution in [0.2, 0.25) is 0 Å². The van der Waals surface area contributed by atoms with Crippen LogP contribution in [-0.4, -0.2) is 310 Å². The summed E-state index contributed by atoms with van der Waals surface area (Å²) in [6, 6.07) is -2.23. The molecule has 2 heterocycles. The van der Waals surface area contributed by atoms with Crippen LogP contribution >= 0.6 is 0 Å². The molecule has 2 aromatic rings. The van der Waals surface area contributed by atoms with Crippen LogP contribution in [0.1, 0.15) is 186 Å². The van der Waals surface area contributed by atoms with E-state index >= 15 is 43.2 Å². The molecule has 2 saturated heterocycles. The number of benzene rings is 2. The number of carbonyl (C=O) groups excluding carboxylic acids is 15. The van der Waals surface area contributed by atoms with Gasteiger partial charge in [0, 0.05) is 82.3 Å². The van der Waals surface area contributed by atoms with Crippen molar-refractivity contribution >= 4 is 88.6 Å². The maximum Gasteiger partial charge on any atom is 0.248 e. The van der Waals surface area contributed by atoms with Gasteiger partial charge in [-0.3, -0.25) is 71.9 Å². The first-order valence-corrected chi connectivity index (χ1v) is 42.2. The van der Waals surface area contributed by atoms with Crippen LogP contribution in [0.3, 0.4) is 0 Å². The number of likely N-dealkylation sites (tertiary alicyclic amines) is 1. The van der Waals surface area contributed by atoms with Crippen molar-refractivity contribution in [1.29, 1.82) is 0 Å². The van der Waals surface area contributed by atoms with Gasteiger partial charge in [0.1, 0.15) is 84.6 Å². The summed E-state index contributed by atoms with van der Waals surface area (Å²) in [5, 5.41) is 38.3. The van der Waals surface area contributed by atoms with E-state index in [9.17, 15) is 39.0 Å². The number of nitrogens with zero attached hydrogens (tertiary/aromatic N) is 9. The average molecular weight is 1670 g/mol. The van der Waals surface area contributed by atoms with Crippen LogP contribution in [0.4, 0.5) is 0 Å². The van der Waals surface area contributed by atoms with Crippen molar-refractivity contribution in [2.75, 3.05) is 76.1 Å². The fraction of sp³-hybridized carbons (Fsp3) is 0.690. The molecular formula is C87H141N15O17. The highest BCUT2D eigenvalue weighted by Crippen LogP contribution is 2.25. The molecule has 0 unspecified atom stereocenters. The Bertz CT molecular complexity index is 3760. The standard InChI is InChI=1S/C87H141N15O17/c1-25-55(12)72-86(118)98(21)66(42-51(4)5)77(109)89-63(46-60-35-29-26-30-36-60)82(114)101(24)69(45-54(10)11)84(116)95(18)56(13)74(106)88-62(41-50(2)3)75(107)91-65(49-103)76(108)93-73(59(16)104)87(119)99(22)67(43-52(6)7)78(110)90-64(83(115)102-39-33-28-34-40-102)48-71(105)94(17)57(14)80(112)100(23)70(47-61-37-31-27-32-38-61)85(117)96(19)58(15)81(113)97(20)68(44-53(8)9)79(111)92-72/h26-27,29-32,35-38,50-59,62-70,72-73,103-104H,25,28,33-34,39-49H2,1-24H3,(H,88,106)(H,89,109)(H,90,110)(H,91,107)(H,92,111)(H,93,108)/t55-,56-,57+,58-,59+,62-,63-,64-,65-,66-,67-,68-,69-,70-,72-,73-/m0/s1. The lowest BCUT2D eigenvalue weighted by molar-refractivity contribution is -0.153. The molecule has 4 rings (SSSR count). The van der Waals surface area contributed by atoms with Gasteiger partial charge in [0.05, 0.1) is 19.1 Å². The molecule has 2 fully saturated rings. The van der Waals surface area contributed by atoms with Crippen molar-refractivity contribution in [3.63, 3.8) is 0 Å². The van der Waals surface area contributed by atoms with Crippen molar-refractivity contribution in [2.24, 2.45) is 35.5 Å². The molecule has 2 aliphatic rings. The Kier molecular flexibility index (Phi) is 40.5. The van der Waals surface area contributed by atoms with Crippen LogP contribution in [0.25, 0.3) is 0 Å². The third-order valence-electron chi connectivity index (χ3n) is 23.1. The second-order valence-corrected chi connectivity index (χ2v) is 34.9. The number of piperidine rings is 1. The molecule has 15 amide bonds. The van der Waals surface area contributed by atoms with Crippen molar-refractivity contribution in [3.05, 3.63) is 71.8 Å². The fourth-order valence-electron chi connectivity index (χ4n) is 14.9. The number of aliphatic hydroxyl groups is 2. The van der Waals surface area contributed by atoms with Gasteiger partial charge in [0.2, 0.25) is 88.6 Å². The summed E-state index contributed by atoms with van der Waals surface area (Å²) in [6.07, 6.45) is -0.0144. The third-order valence-corrected chi connectivity index (χ3v) is 23.1. The highest BCUT2D eigenvalue weighted by atomic mass is 16.3. The van der Waals surface area contributed by atoms with Gasteiger partial charge in [-0.1, -0.05) is 150 Å². The minimum Gasteiger partial charge on any atom is -0.394 e. The van der Waals surface area contributed by atoms with E-state index in [0.29, 0.717) is 43.5 Å². The van der Waals surface area contributed by atoms with E-state index < -0.39 is 198 Å². The van der Waals surface area contributed by atoms with E-state index in [4.69, 9.17) is 0 Å². The Hall–Kier alpha value is -9.59. The van der Waals surface area contributed by atoms with Gasteiger partial charge in [-0.05, 0) is 126 Å². The Labute approximate surface area is 705 Å². The summed E-state index contributed by atoms with van der Waals surface area (Å²) in [4.78, 5) is 236. The first-order chi connectivity index (χ1) is 55.6. The summed E-state index contributed by atoms with van der Waals surface area (Å²) in [7, 11) is 11.0. The molecule has 32 heteroatoms. The number of hydrogen-bond donors (Lipinski definition) is 8. The van der Waals surface area contributed by atoms with Crippen LogP contribution in [0.15, 0.2) is 60.7 Å². The first kappa shape index (κ1) is 102. The lowest BCUT2D eigenvalue weighted by atomic mass is 9.94. The molecule has 0 radical (unpaired) electrons. The SMILES string of the molecule is CC[C@H](C)[C@@H]1NC(=O)[C@H](CC(C)C)N(C)C(=O)[C@H](C)N(C)C(=O)[C@H](Cc2ccccc2)N(C)C(=O)[C@@H](C)N(C)C(=O)C[C@@H](C(=O)N2CCCCC2)NC(=O)[C@H](CC(C)C)N(C)C(=O)[C@H]([C@@H](C)O)NC(=O)[C@H](CO)NC(=O)[C@H](CC(C)C)NC(=O)[C@H](C)N(C)C(=O)[C@H](CC(C)C)N(C)C(=O)[C@H](Cc2ccccc2)NC(=O)[C@H](CC(C)C)N(C)C1=O. The molecule has 16 atom stereocenters. The second-order valence-electron chi connectivity index (χ2n) is 34.9. The third kappa shape index (κ3) is 28.8. The lowest BCUT2D eigenvalue weighted by Gasteiger charge is -2.38. The van der Waals surface area contributed by atoms with Gasteiger partial charge in [-0.15, -0.1) is 0 Å². The lowest BCUT2D eigenvalue weighted by Crippen LogP contribution is -2.63. The van der Waals surface area contributed by atoms with E-state index in [1.54, 1.807) is 95.3 Å². The van der Waals surface area contributed by atoms with E-state index in [1.807, 2.05) is 48.5 Å². The Morgan fingerprint density at radius 1 is 0.378 bits per heavy atom. The highest BCUT2D eigenvalue weighted by Gasteiger charge is 2.46. The van der Waals surface area contributed by atoms with E-state index in [-0.39, 0.29) is 74.5 Å². The molecule has 666 valence electrons. The number of amides is 15. The zero-order valence-corrected chi connectivity index (χ0v) is 75.0. The molecule has 0 aliphatic carbocycles. The Morgan fingerprint density at radius 3 is 1.21 bits per heavy atom. The maximum atomic E-state index is 15.4. The van der Waals surface area contributed by atoms with Crippen LogP contribution in [-0.2, 0) is 84.8 Å². The predicted molar refractivity (Wildman–Crippen MR) is 452 cm³/mol. The summed E-state index contributed by atoms with van der Waals surface area (Å²) < 4.78 is 0. The van der Waals surface area contributed by atoms with Gasteiger partial charge in [0.25, 0.3) is 0 Å². The van der Waals surface area contributed by atoms with Gasteiger partial charge in [0.15, 0.2) is 0 Å². The van der Waals surface area contributed by atoms with Gasteiger partial charge >= 0.3 is 0 Å². The summed E-state index contributed by atoms with van der Waals surface area (Å²) in [5.74, 6) is -13.8. The summed E-state index contributed by atoms with van der Waals surface area (Å²) in [6.45, 7) is 26.8. The van der Waals surface area contributed by atoms with Crippen molar-refractivity contribution in [1.82, 2.24) is 76.0 Å². The minimum atomic E-state index is -1.85. The molecule has 0 aromatic heterocycles. The van der Waals surface area contributed by atoms with Crippen LogP contribution < -0.4 is 31.9 Å². The van der Waals surface area contributed by atoms with Crippen LogP contribution in [0, 0.1) is 35.5 Å². The molecule has 0 bridgehead atoms. The number of likely N-dealkylation sites (N-methyl/N-ethyl adjacent to an activating group) is 8. The Balaban J connectivity index is 1.97. The minimum absolute atomic E-state index is 0.0400. The first-order valence-electron chi connectivity index (χ1n) is 42.2. The highest BCUT2D eigenvalue weighted by molar-refractivity contribution is 6.01. The largest absolute Gasteiger partial charge is 0.394 e.